The van der Waals surface area contributed by atoms with Crippen LogP contribution in [0.5, 0.6) is 0 Å². The summed E-state index contributed by atoms with van der Waals surface area (Å²) in [6.07, 6.45) is 13.5. The van der Waals surface area contributed by atoms with Gasteiger partial charge in [0.25, 0.3) is 0 Å². The molecule has 0 radical (unpaired) electrons. The Bertz CT molecular complexity index is 1370. The number of rotatable bonds is 6. The van der Waals surface area contributed by atoms with Gasteiger partial charge in [0.2, 0.25) is 0 Å². The maximum Gasteiger partial charge on any atom is 0.0897 e. The third-order valence-electron chi connectivity index (χ3n) is 8.20. The van der Waals surface area contributed by atoms with Crippen LogP contribution in [0, 0.1) is 11.8 Å². The van der Waals surface area contributed by atoms with Crippen LogP contribution in [0.2, 0.25) is 0 Å². The largest absolute Gasteiger partial charge is 0.250 e. The summed E-state index contributed by atoms with van der Waals surface area (Å²) in [5, 5.41) is 0. The molecule has 5 rings (SSSR count). The topological polar surface area (TPSA) is 24.7 Å². The van der Waals surface area contributed by atoms with E-state index in [1.54, 1.807) is 0 Å². The zero-order valence-corrected chi connectivity index (χ0v) is 24.3. The summed E-state index contributed by atoms with van der Waals surface area (Å²) in [6.45, 7) is 18.2. The van der Waals surface area contributed by atoms with E-state index in [1.807, 2.05) is 0 Å². The van der Waals surface area contributed by atoms with E-state index in [1.165, 1.54) is 33.4 Å². The fourth-order valence-corrected chi connectivity index (χ4v) is 6.15. The van der Waals surface area contributed by atoms with Gasteiger partial charge in [-0.3, -0.25) is 0 Å². The van der Waals surface area contributed by atoms with E-state index < -0.39 is 0 Å². The lowest BCUT2D eigenvalue weighted by molar-refractivity contribution is 0.680. The first-order valence-corrected chi connectivity index (χ1v) is 14.4. The Morgan fingerprint density at radius 2 is 1.11 bits per heavy atom. The number of benzene rings is 2. The SMILES string of the molecule is CC(C)c1cccc(C(C)C)c1N=C1C2=CC=CC3=CC=C[C@@H](C1=Nc1c(C(C)C)cccc1C(C)C)[C@@H]32. The molecule has 0 unspecified atom stereocenters. The van der Waals surface area contributed by atoms with E-state index in [0.717, 1.165) is 22.8 Å². The average Bonchev–Trinajstić information content (AvgIpc) is 3.17. The molecule has 0 aromatic heterocycles. The fourth-order valence-electron chi connectivity index (χ4n) is 6.15. The molecule has 1 saturated carbocycles. The third-order valence-corrected chi connectivity index (χ3v) is 8.20. The van der Waals surface area contributed by atoms with Crippen molar-refractivity contribution in [3.05, 3.63) is 106 Å². The van der Waals surface area contributed by atoms with E-state index >= 15 is 0 Å². The molecule has 1 fully saturated rings. The van der Waals surface area contributed by atoms with Crippen molar-refractivity contribution in [1.82, 2.24) is 0 Å². The lowest BCUT2D eigenvalue weighted by Gasteiger charge is -2.23. The number of para-hydroxylation sites is 2. The quantitative estimate of drug-likeness (QED) is 0.375. The summed E-state index contributed by atoms with van der Waals surface area (Å²) in [4.78, 5) is 11.2. The number of nitrogens with zero attached hydrogens (tertiary/aromatic N) is 2. The molecule has 0 heterocycles. The fraction of sp³-hybridized carbons (Fsp3) is 0.389. The van der Waals surface area contributed by atoms with Crippen molar-refractivity contribution < 1.29 is 0 Å². The summed E-state index contributed by atoms with van der Waals surface area (Å²) in [7, 11) is 0. The van der Waals surface area contributed by atoms with Crippen LogP contribution < -0.4 is 0 Å². The predicted octanol–water partition coefficient (Wildman–Crippen LogP) is 10.3. The average molecular weight is 503 g/mol. The normalized spacial score (nSPS) is 22.3. The lowest BCUT2D eigenvalue weighted by atomic mass is 9.80. The molecule has 2 heteroatoms. The highest BCUT2D eigenvalue weighted by molar-refractivity contribution is 6.53. The van der Waals surface area contributed by atoms with Crippen LogP contribution in [0.4, 0.5) is 11.4 Å². The monoisotopic (exact) mass is 502 g/mol. The first kappa shape index (κ1) is 26.4. The molecular weight excluding hydrogens is 460 g/mol. The lowest BCUT2D eigenvalue weighted by Crippen LogP contribution is -2.18. The molecule has 3 aliphatic rings. The summed E-state index contributed by atoms with van der Waals surface area (Å²) >= 11 is 0. The van der Waals surface area contributed by atoms with Gasteiger partial charge in [-0.25, -0.2) is 9.98 Å². The van der Waals surface area contributed by atoms with Crippen molar-refractivity contribution >= 4 is 22.8 Å². The van der Waals surface area contributed by atoms with Gasteiger partial charge in [-0.05, 0) is 57.1 Å². The maximum atomic E-state index is 5.61. The number of allylic oxidation sites excluding steroid dienone is 8. The first-order chi connectivity index (χ1) is 18.2. The molecule has 0 amide bonds. The van der Waals surface area contributed by atoms with Gasteiger partial charge in [-0.1, -0.05) is 128 Å². The zero-order chi connectivity index (χ0) is 27.1. The summed E-state index contributed by atoms with van der Waals surface area (Å²) < 4.78 is 0. The van der Waals surface area contributed by atoms with Crippen molar-refractivity contribution in [3.8, 4) is 0 Å². The van der Waals surface area contributed by atoms with Crippen LogP contribution >= 0.6 is 0 Å². The third kappa shape index (κ3) is 4.59. The molecule has 0 bridgehead atoms. The summed E-state index contributed by atoms with van der Waals surface area (Å²) in [6, 6.07) is 13.4. The number of hydrogen-bond donors (Lipinski definition) is 0. The number of aliphatic imine (C=N–C) groups is 2. The van der Waals surface area contributed by atoms with Crippen molar-refractivity contribution in [3.63, 3.8) is 0 Å². The Labute approximate surface area is 229 Å². The summed E-state index contributed by atoms with van der Waals surface area (Å²) in [5.41, 5.74) is 12.3. The highest BCUT2D eigenvalue weighted by Crippen LogP contribution is 2.47. The second-order valence-corrected chi connectivity index (χ2v) is 12.2. The molecule has 0 spiro atoms. The smallest absolute Gasteiger partial charge is 0.0897 e. The molecule has 2 nitrogen and oxygen atoms in total. The molecule has 0 aliphatic heterocycles. The van der Waals surface area contributed by atoms with Gasteiger partial charge >= 0.3 is 0 Å². The Kier molecular flexibility index (Phi) is 7.27. The van der Waals surface area contributed by atoms with Gasteiger partial charge in [0.1, 0.15) is 0 Å². The molecule has 0 N–H and O–H groups in total. The van der Waals surface area contributed by atoms with Crippen LogP contribution in [0.15, 0.2) is 94.0 Å². The Hall–Kier alpha value is -3.26. The highest BCUT2D eigenvalue weighted by Gasteiger charge is 2.44. The molecule has 3 aliphatic carbocycles. The molecule has 2 aromatic carbocycles. The van der Waals surface area contributed by atoms with Gasteiger partial charge in [0.15, 0.2) is 0 Å². The van der Waals surface area contributed by atoms with E-state index in [2.05, 4.69) is 128 Å². The molecule has 2 aromatic rings. The Morgan fingerprint density at radius 1 is 0.605 bits per heavy atom. The standard InChI is InChI=1S/C36H42N2/c1-21(2)26-15-11-16-27(22(3)4)33(26)37-35-30-19-9-13-25-14-10-20-31(32(25)30)36(35)38-34-28(23(5)6)17-12-18-29(34)24(7)8/h9-24,30,32H,1-8H3/t30-,32-/m1/s1. The van der Waals surface area contributed by atoms with Gasteiger partial charge < -0.3 is 0 Å². The minimum atomic E-state index is 0.193. The van der Waals surface area contributed by atoms with Gasteiger partial charge in [0.05, 0.1) is 22.8 Å². The van der Waals surface area contributed by atoms with Gasteiger partial charge in [-0.15, -0.1) is 0 Å². The minimum Gasteiger partial charge on any atom is -0.250 e. The zero-order valence-electron chi connectivity index (χ0n) is 24.3. The van der Waals surface area contributed by atoms with Crippen molar-refractivity contribution in [2.45, 2.75) is 79.1 Å². The Morgan fingerprint density at radius 3 is 1.61 bits per heavy atom. The van der Waals surface area contributed by atoms with Crippen LogP contribution in [-0.2, 0) is 0 Å². The van der Waals surface area contributed by atoms with E-state index in [4.69, 9.17) is 9.98 Å². The van der Waals surface area contributed by atoms with Crippen LogP contribution in [0.1, 0.15) is 101 Å². The molecule has 38 heavy (non-hydrogen) atoms. The van der Waals surface area contributed by atoms with Crippen molar-refractivity contribution in [2.75, 3.05) is 0 Å². The second kappa shape index (κ2) is 10.5. The van der Waals surface area contributed by atoms with Crippen LogP contribution in [0.25, 0.3) is 0 Å². The summed E-state index contributed by atoms with van der Waals surface area (Å²) in [5.74, 6) is 2.04. The predicted molar refractivity (Wildman–Crippen MR) is 165 cm³/mol. The van der Waals surface area contributed by atoms with Crippen LogP contribution in [-0.4, -0.2) is 11.4 Å². The minimum absolute atomic E-state index is 0.193. The Balaban J connectivity index is 1.82. The highest BCUT2D eigenvalue weighted by atomic mass is 14.9. The van der Waals surface area contributed by atoms with Gasteiger partial charge in [0, 0.05) is 11.8 Å². The maximum absolute atomic E-state index is 5.61. The number of hydrogen-bond acceptors (Lipinski definition) is 2. The van der Waals surface area contributed by atoms with Crippen molar-refractivity contribution in [1.29, 1.82) is 0 Å². The molecule has 196 valence electrons. The van der Waals surface area contributed by atoms with E-state index in [9.17, 15) is 0 Å². The molecule has 2 atom stereocenters. The second-order valence-electron chi connectivity index (χ2n) is 12.2. The molecule has 0 saturated heterocycles. The first-order valence-electron chi connectivity index (χ1n) is 14.4. The molecular formula is C36H42N2. The van der Waals surface area contributed by atoms with E-state index in [0.29, 0.717) is 23.7 Å². The van der Waals surface area contributed by atoms with Crippen LogP contribution in [0.3, 0.4) is 0 Å². The van der Waals surface area contributed by atoms with E-state index in [-0.39, 0.29) is 11.8 Å². The van der Waals surface area contributed by atoms with Crippen molar-refractivity contribution in [2.24, 2.45) is 21.8 Å². The van der Waals surface area contributed by atoms with Gasteiger partial charge in [-0.2, -0.15) is 0 Å².